The van der Waals surface area contributed by atoms with E-state index in [1.165, 1.54) is 18.2 Å². The summed E-state index contributed by atoms with van der Waals surface area (Å²) in [5, 5.41) is 8.92. The van der Waals surface area contributed by atoms with E-state index in [9.17, 15) is 4.79 Å². The minimum absolute atomic E-state index is 0.290. The van der Waals surface area contributed by atoms with Gasteiger partial charge in [0, 0.05) is 2.74 Å². The van der Waals surface area contributed by atoms with Gasteiger partial charge in [-0.15, -0.1) is 0 Å². The van der Waals surface area contributed by atoms with Crippen LogP contribution in [0.15, 0.2) is 30.3 Å². The average molecular weight is 171 g/mol. The molecule has 0 saturated heterocycles. The molecule has 1 atom stereocenters. The van der Waals surface area contributed by atoms with Crippen LogP contribution in [-0.4, -0.2) is 17.1 Å². The van der Waals surface area contributed by atoms with E-state index in [0.29, 0.717) is 0 Å². The van der Waals surface area contributed by atoms with Crippen molar-refractivity contribution in [1.29, 1.82) is 0 Å². The van der Waals surface area contributed by atoms with Gasteiger partial charge in [0.1, 0.15) is 8.84 Å². The van der Waals surface area contributed by atoms with E-state index in [4.69, 9.17) is 13.4 Å². The summed E-state index contributed by atoms with van der Waals surface area (Å²) in [5.41, 5.74) is -0.867. The first-order chi connectivity index (χ1) is 8.15. The lowest BCUT2D eigenvalue weighted by Gasteiger charge is -2.04. The van der Waals surface area contributed by atoms with Crippen molar-refractivity contribution in [1.82, 2.24) is 0 Å². The van der Waals surface area contributed by atoms with E-state index in [1.54, 1.807) is 0 Å². The maximum atomic E-state index is 11.0. The topological polar surface area (TPSA) is 63.3 Å². The molecule has 0 aliphatic heterocycles. The Hall–Kier alpha value is -1.35. The Bertz CT molecular complexity index is 466. The molecule has 3 heteroatoms. The Morgan fingerprint density at radius 3 is 3.33 bits per heavy atom. The molecule has 3 nitrogen and oxygen atoms in total. The summed E-state index contributed by atoms with van der Waals surface area (Å²) in [7, 11) is 0. The number of carbonyl (C=O) groups is 1. The number of aliphatic carboxylic acids is 1. The monoisotopic (exact) mass is 171 g/mol. The van der Waals surface area contributed by atoms with Crippen LogP contribution in [0.4, 0.5) is 0 Å². The van der Waals surface area contributed by atoms with Crippen LogP contribution in [0.2, 0.25) is 2.82 Å². The smallest absolute Gasteiger partial charge is 0.320 e. The van der Waals surface area contributed by atoms with Crippen LogP contribution < -0.4 is 5.72 Å². The summed E-state index contributed by atoms with van der Waals surface area (Å²) >= 11 is 0. The highest BCUT2D eigenvalue weighted by Gasteiger charge is 2.10. The molecule has 0 aliphatic carbocycles. The van der Waals surface area contributed by atoms with Gasteiger partial charge in [0.2, 0.25) is 0 Å². The van der Waals surface area contributed by atoms with Crippen LogP contribution in [0, 0.1) is 0 Å². The van der Waals surface area contributed by atoms with Crippen molar-refractivity contribution in [2.45, 2.75) is 12.4 Å². The third kappa shape index (κ3) is 2.36. The highest BCUT2D eigenvalue weighted by atomic mass is 16.4. The second-order valence-corrected chi connectivity index (χ2v) is 2.06. The van der Waals surface area contributed by atoms with Gasteiger partial charge in [-0.3, -0.25) is 4.79 Å². The molecule has 0 saturated carbocycles. The Morgan fingerprint density at radius 2 is 2.75 bits per heavy atom. The van der Waals surface area contributed by atoms with Gasteiger partial charge in [0.25, 0.3) is 0 Å². The fourth-order valence-electron chi connectivity index (χ4n) is 0.652. The number of carboxylic acid groups (broad SMARTS) is 1. The lowest BCUT2D eigenvalue weighted by atomic mass is 10.1. The number of rotatable bonds is 4. The fraction of sp³-hybridized carbons (Fsp3) is 0.222. The molecule has 1 rings (SSSR count). The molecule has 1 aromatic rings. The molecule has 3 N–H and O–H groups in total. The minimum Gasteiger partial charge on any atom is -0.480 e. The molecule has 0 fully saturated rings. The van der Waals surface area contributed by atoms with Gasteiger partial charge in [-0.05, 0) is 11.9 Å². The van der Waals surface area contributed by atoms with Gasteiger partial charge in [-0.1, -0.05) is 30.3 Å². The molecule has 0 spiro atoms. The largest absolute Gasteiger partial charge is 0.480 e. The summed E-state index contributed by atoms with van der Waals surface area (Å²) in [4.78, 5) is 11.0. The molecule has 0 heterocycles. The van der Waals surface area contributed by atoms with Crippen LogP contribution in [-0.2, 0) is 11.2 Å². The fourth-order valence-corrected chi connectivity index (χ4v) is 0.652. The molecule has 12 heavy (non-hydrogen) atoms. The standard InChI is InChI=1S/C9H11NO2/c10-8(9(11)12)6-7-4-2-1-3-5-7/h1-5,8H,6,10H2,(H,11,12)/t8-/m0/s1/i4D,6D2,8D/hD2. The van der Waals surface area contributed by atoms with E-state index in [-0.39, 0.29) is 11.6 Å². The predicted octanol–water partition coefficient (Wildman–Crippen LogP) is 0.641. The second-order valence-electron chi connectivity index (χ2n) is 2.06. The van der Waals surface area contributed by atoms with Crippen molar-refractivity contribution in [3.63, 3.8) is 0 Å². The second kappa shape index (κ2) is 3.88. The molecule has 0 aliphatic rings. The van der Waals surface area contributed by atoms with E-state index < -0.39 is 24.1 Å². The van der Waals surface area contributed by atoms with E-state index in [1.807, 2.05) is 0 Å². The molecule has 1 aromatic carbocycles. The molecule has 0 unspecified atom stereocenters. The summed E-state index contributed by atoms with van der Waals surface area (Å²) < 4.78 is 44.5. The van der Waals surface area contributed by atoms with Crippen LogP contribution in [0.3, 0.4) is 0 Å². The quantitative estimate of drug-likeness (QED) is 0.698. The zero-order valence-corrected chi connectivity index (χ0v) is 6.11. The van der Waals surface area contributed by atoms with Crippen molar-refractivity contribution in [2.24, 2.45) is 5.72 Å². The summed E-state index contributed by atoms with van der Waals surface area (Å²) in [6, 6.07) is 1.82. The molecule has 0 radical (unpaired) electrons. The van der Waals surface area contributed by atoms with E-state index in [2.05, 4.69) is 0 Å². The average Bonchev–Trinajstić information content (AvgIpc) is 2.27. The molecule has 0 bridgehead atoms. The third-order valence-corrected chi connectivity index (χ3v) is 1.16. The zero-order valence-electron chi connectivity index (χ0n) is 12.1. The van der Waals surface area contributed by atoms with Crippen LogP contribution >= 0.6 is 0 Å². The maximum Gasteiger partial charge on any atom is 0.320 e. The van der Waals surface area contributed by atoms with Crippen molar-refractivity contribution in [3.05, 3.63) is 35.9 Å². The highest BCUT2D eigenvalue weighted by Crippen LogP contribution is 2.01. The number of carboxylic acids is 1. The molecule has 64 valence electrons. The number of hydrogen-bond donors (Lipinski definition) is 2. The van der Waals surface area contributed by atoms with Gasteiger partial charge in [0.05, 0.1) is 2.74 Å². The van der Waals surface area contributed by atoms with Crippen LogP contribution in [0.5, 0.6) is 0 Å². The highest BCUT2D eigenvalue weighted by molar-refractivity contribution is 5.73. The Morgan fingerprint density at radius 1 is 1.92 bits per heavy atom. The van der Waals surface area contributed by atoms with Crippen molar-refractivity contribution in [2.75, 3.05) is 0 Å². The SMILES string of the molecule is [2H]c1ccccc1C([2H])([2H])[C@@]([2H])(C(=O)O)N([2H])[2H]. The van der Waals surface area contributed by atoms with Crippen molar-refractivity contribution in [3.8, 4) is 0 Å². The van der Waals surface area contributed by atoms with Crippen LogP contribution in [0.1, 0.15) is 11.0 Å². The van der Waals surface area contributed by atoms with Gasteiger partial charge in [-0.25, -0.2) is 0 Å². The third-order valence-electron chi connectivity index (χ3n) is 1.16. The minimum atomic E-state index is -3.16. The van der Waals surface area contributed by atoms with E-state index >= 15 is 0 Å². The lowest BCUT2D eigenvalue weighted by Crippen LogP contribution is -2.32. The molecular weight excluding hydrogens is 154 g/mol. The summed E-state index contributed by atoms with van der Waals surface area (Å²) in [6.45, 7) is 0. The first kappa shape index (κ1) is 3.58. The Labute approximate surface area is 79.4 Å². The first-order valence-electron chi connectivity index (χ1n) is 6.12. The first-order valence-corrected chi connectivity index (χ1v) is 3.23. The normalized spacial score (nSPS) is 23.8. The van der Waals surface area contributed by atoms with E-state index in [0.717, 1.165) is 6.07 Å². The summed E-state index contributed by atoms with van der Waals surface area (Å²) in [5.74, 6) is -1.97. The van der Waals surface area contributed by atoms with Gasteiger partial charge in [0.15, 0.2) is 0 Å². The zero-order chi connectivity index (χ0) is 14.1. The Balaban J connectivity index is 3.44. The number of nitrogens with two attached hydrogens (primary N) is 1. The number of hydrogen-bond acceptors (Lipinski definition) is 2. The van der Waals surface area contributed by atoms with Crippen molar-refractivity contribution < 1.29 is 18.2 Å². The molecular formula is C9H11NO2. The molecule has 0 aromatic heterocycles. The summed E-state index contributed by atoms with van der Waals surface area (Å²) in [6.07, 6.45) is -2.89. The van der Waals surface area contributed by atoms with Gasteiger partial charge >= 0.3 is 5.97 Å². The van der Waals surface area contributed by atoms with Gasteiger partial charge in [-0.2, -0.15) is 0 Å². The van der Waals surface area contributed by atoms with Crippen molar-refractivity contribution >= 4 is 5.97 Å². The maximum absolute atomic E-state index is 11.0. The Kier molecular flexibility index (Phi) is 1.16. The molecule has 0 amide bonds. The predicted molar refractivity (Wildman–Crippen MR) is 45.8 cm³/mol. The van der Waals surface area contributed by atoms with Crippen LogP contribution in [0.25, 0.3) is 0 Å². The van der Waals surface area contributed by atoms with Gasteiger partial charge < -0.3 is 10.8 Å². The number of benzene rings is 1. The lowest BCUT2D eigenvalue weighted by molar-refractivity contribution is -0.138.